The predicted octanol–water partition coefficient (Wildman–Crippen LogP) is 0.587. The predicted molar refractivity (Wildman–Crippen MR) is 71.4 cm³/mol. The van der Waals surface area contributed by atoms with Crippen molar-refractivity contribution in [3.05, 3.63) is 18.1 Å². The summed E-state index contributed by atoms with van der Waals surface area (Å²) in [5, 5.41) is 8.91. The van der Waals surface area contributed by atoms with E-state index in [4.69, 9.17) is 10.00 Å². The quantitative estimate of drug-likeness (QED) is 0.871. The molecule has 0 unspecified atom stereocenters. The minimum Gasteiger partial charge on any atom is -0.472 e. The van der Waals surface area contributed by atoms with Gasteiger partial charge in [-0.3, -0.25) is 0 Å². The van der Waals surface area contributed by atoms with Gasteiger partial charge in [-0.25, -0.2) is 23.1 Å². The summed E-state index contributed by atoms with van der Waals surface area (Å²) in [7, 11) is -3.17. The van der Waals surface area contributed by atoms with E-state index < -0.39 is 10.0 Å². The fraction of sp³-hybridized carbons (Fsp3) is 0.583. The van der Waals surface area contributed by atoms with Crippen LogP contribution >= 0.6 is 0 Å². The van der Waals surface area contributed by atoms with Crippen molar-refractivity contribution in [3.63, 3.8) is 0 Å². The van der Waals surface area contributed by atoms with Gasteiger partial charge in [0.2, 0.25) is 15.7 Å². The van der Waals surface area contributed by atoms with E-state index in [1.54, 1.807) is 0 Å². The summed E-state index contributed by atoms with van der Waals surface area (Å²) < 4.78 is 30.6. The number of hydrogen-bond acceptors (Lipinski definition) is 6. The molecule has 108 valence electrons. The van der Waals surface area contributed by atoms with Crippen molar-refractivity contribution in [1.82, 2.24) is 14.7 Å². The lowest BCUT2D eigenvalue weighted by atomic mass is 9.94. The lowest BCUT2D eigenvalue weighted by molar-refractivity contribution is 0.137. The van der Waals surface area contributed by atoms with Crippen molar-refractivity contribution < 1.29 is 13.2 Å². The molecule has 0 saturated heterocycles. The molecule has 8 heteroatoms. The van der Waals surface area contributed by atoms with E-state index in [9.17, 15) is 8.42 Å². The van der Waals surface area contributed by atoms with Crippen LogP contribution in [0.2, 0.25) is 0 Å². The summed E-state index contributed by atoms with van der Waals surface area (Å²) >= 11 is 0. The first-order valence-corrected chi connectivity index (χ1v) is 8.22. The maximum Gasteiger partial charge on any atom is 0.251 e. The molecule has 1 aromatic heterocycles. The van der Waals surface area contributed by atoms with Crippen molar-refractivity contribution in [1.29, 1.82) is 5.26 Å². The minimum absolute atomic E-state index is 0.0397. The topological polar surface area (TPSA) is 105 Å². The van der Waals surface area contributed by atoms with Gasteiger partial charge in [0.25, 0.3) is 5.88 Å². The van der Waals surface area contributed by atoms with Crippen molar-refractivity contribution in [2.45, 2.75) is 37.8 Å². The molecule has 20 heavy (non-hydrogen) atoms. The maximum absolute atomic E-state index is 11.2. The summed E-state index contributed by atoms with van der Waals surface area (Å²) in [5.41, 5.74) is 0.170. The van der Waals surface area contributed by atoms with Crippen LogP contribution in [0.4, 0.5) is 0 Å². The Morgan fingerprint density at radius 3 is 2.55 bits per heavy atom. The third kappa shape index (κ3) is 4.15. The van der Waals surface area contributed by atoms with Gasteiger partial charge in [0.15, 0.2) is 0 Å². The van der Waals surface area contributed by atoms with E-state index in [0.717, 1.165) is 6.26 Å². The summed E-state index contributed by atoms with van der Waals surface area (Å²) in [5.74, 6) is 0.245. The van der Waals surface area contributed by atoms with E-state index in [2.05, 4.69) is 14.7 Å². The Morgan fingerprint density at radius 2 is 1.95 bits per heavy atom. The average Bonchev–Trinajstić information content (AvgIpc) is 2.40. The van der Waals surface area contributed by atoms with E-state index >= 15 is 0 Å². The zero-order chi connectivity index (χ0) is 14.6. The molecule has 1 saturated carbocycles. The second-order valence-corrected chi connectivity index (χ2v) is 6.58. The second kappa shape index (κ2) is 6.15. The third-order valence-electron chi connectivity index (χ3n) is 3.10. The Balaban J connectivity index is 1.90. The lowest BCUT2D eigenvalue weighted by Crippen LogP contribution is -2.39. The van der Waals surface area contributed by atoms with E-state index in [0.29, 0.717) is 25.7 Å². The first-order valence-electron chi connectivity index (χ1n) is 6.33. The fourth-order valence-corrected chi connectivity index (χ4v) is 3.09. The van der Waals surface area contributed by atoms with Crippen molar-refractivity contribution in [2.24, 2.45) is 0 Å². The molecule has 1 N–H and O–H groups in total. The highest BCUT2D eigenvalue weighted by Crippen LogP contribution is 2.24. The molecule has 1 fully saturated rings. The highest BCUT2D eigenvalue weighted by molar-refractivity contribution is 7.88. The van der Waals surface area contributed by atoms with Gasteiger partial charge in [-0.1, -0.05) is 0 Å². The van der Waals surface area contributed by atoms with Crippen LogP contribution in [0.25, 0.3) is 0 Å². The molecule has 2 rings (SSSR count). The van der Waals surface area contributed by atoms with Crippen LogP contribution in [0.1, 0.15) is 31.4 Å². The maximum atomic E-state index is 11.2. The largest absolute Gasteiger partial charge is 0.472 e. The Hall–Kier alpha value is -1.72. The van der Waals surface area contributed by atoms with E-state index in [-0.39, 0.29) is 23.7 Å². The zero-order valence-electron chi connectivity index (χ0n) is 11.1. The van der Waals surface area contributed by atoms with Crippen LogP contribution in [0.15, 0.2) is 12.4 Å². The van der Waals surface area contributed by atoms with Crippen LogP contribution in [-0.2, 0) is 10.0 Å². The number of hydrogen-bond donors (Lipinski definition) is 1. The first kappa shape index (κ1) is 14.7. The molecule has 1 aliphatic rings. The molecule has 0 radical (unpaired) electrons. The Bertz CT molecular complexity index is 603. The number of sulfonamides is 1. The van der Waals surface area contributed by atoms with Crippen molar-refractivity contribution in [2.75, 3.05) is 6.26 Å². The van der Waals surface area contributed by atoms with Gasteiger partial charge in [-0.15, -0.1) is 0 Å². The standard InChI is InChI=1S/C12H16N4O3S/c1-20(17,18)16-9-2-4-10(5-3-9)19-12-11(8-13)14-6-7-15-12/h6-7,9-10,16H,2-5H2,1H3. The second-order valence-electron chi connectivity index (χ2n) is 4.80. The van der Waals surface area contributed by atoms with Gasteiger partial charge in [-0.05, 0) is 25.7 Å². The Kier molecular flexibility index (Phi) is 4.52. The van der Waals surface area contributed by atoms with Crippen molar-refractivity contribution >= 4 is 10.0 Å². The zero-order valence-corrected chi connectivity index (χ0v) is 11.9. The molecule has 1 heterocycles. The smallest absolute Gasteiger partial charge is 0.251 e. The SMILES string of the molecule is CS(=O)(=O)NC1CCC(Oc2nccnc2C#N)CC1. The molecule has 1 aromatic rings. The van der Waals surface area contributed by atoms with E-state index in [1.807, 2.05) is 6.07 Å². The third-order valence-corrected chi connectivity index (χ3v) is 3.87. The number of nitrogens with zero attached hydrogens (tertiary/aromatic N) is 3. The molecule has 0 aromatic carbocycles. The Morgan fingerprint density at radius 1 is 1.30 bits per heavy atom. The van der Waals surface area contributed by atoms with Gasteiger partial charge in [0.05, 0.1) is 6.26 Å². The highest BCUT2D eigenvalue weighted by Gasteiger charge is 2.25. The fourth-order valence-electron chi connectivity index (χ4n) is 2.25. The first-order chi connectivity index (χ1) is 9.48. The van der Waals surface area contributed by atoms with E-state index in [1.165, 1.54) is 12.4 Å². The molecule has 7 nitrogen and oxygen atoms in total. The number of nitriles is 1. The number of ether oxygens (including phenoxy) is 1. The summed E-state index contributed by atoms with van der Waals surface area (Å²) in [6.07, 6.45) is 6.87. The molecule has 0 atom stereocenters. The van der Waals surface area contributed by atoms with Gasteiger partial charge in [0.1, 0.15) is 12.2 Å². The number of rotatable bonds is 4. The Labute approximate surface area is 118 Å². The lowest BCUT2D eigenvalue weighted by Gasteiger charge is -2.28. The number of aromatic nitrogens is 2. The van der Waals surface area contributed by atoms with Gasteiger partial charge in [0, 0.05) is 18.4 Å². The van der Waals surface area contributed by atoms with Crippen molar-refractivity contribution in [3.8, 4) is 11.9 Å². The average molecular weight is 296 g/mol. The molecule has 0 spiro atoms. The van der Waals surface area contributed by atoms with Crippen LogP contribution in [0, 0.1) is 11.3 Å². The van der Waals surface area contributed by atoms with Gasteiger partial charge >= 0.3 is 0 Å². The summed E-state index contributed by atoms with van der Waals surface area (Å²) in [6, 6.07) is 1.90. The molecule has 0 amide bonds. The molecular weight excluding hydrogens is 280 g/mol. The van der Waals surface area contributed by atoms with Gasteiger partial charge in [-0.2, -0.15) is 5.26 Å². The molecule has 0 aliphatic heterocycles. The highest BCUT2D eigenvalue weighted by atomic mass is 32.2. The summed E-state index contributed by atoms with van der Waals surface area (Å²) in [6.45, 7) is 0. The van der Waals surface area contributed by atoms with Gasteiger partial charge < -0.3 is 4.74 Å². The monoisotopic (exact) mass is 296 g/mol. The normalized spacial score (nSPS) is 23.0. The minimum atomic E-state index is -3.17. The number of nitrogens with one attached hydrogen (secondary N) is 1. The molecule has 1 aliphatic carbocycles. The van der Waals surface area contributed by atoms with Crippen LogP contribution in [0.3, 0.4) is 0 Å². The van der Waals surface area contributed by atoms with Crippen LogP contribution in [-0.4, -0.2) is 36.8 Å². The molecular formula is C12H16N4O3S. The van der Waals surface area contributed by atoms with Crippen LogP contribution < -0.4 is 9.46 Å². The molecule has 0 bridgehead atoms. The van der Waals surface area contributed by atoms with Crippen LogP contribution in [0.5, 0.6) is 5.88 Å². The summed E-state index contributed by atoms with van der Waals surface area (Å²) in [4.78, 5) is 7.89.